The molecule has 5 nitrogen and oxygen atoms in total. The molecule has 0 fully saturated rings. The largest absolute Gasteiger partial charge is 0.351 e. The predicted octanol–water partition coefficient (Wildman–Crippen LogP) is 1.97. The van der Waals surface area contributed by atoms with Gasteiger partial charge in [-0.05, 0) is 34.1 Å². The van der Waals surface area contributed by atoms with Crippen LogP contribution >= 0.6 is 0 Å². The van der Waals surface area contributed by atoms with Gasteiger partial charge in [0, 0.05) is 17.7 Å². The van der Waals surface area contributed by atoms with Gasteiger partial charge >= 0.3 is 0 Å². The van der Waals surface area contributed by atoms with Crippen LogP contribution in [0, 0.1) is 0 Å². The second kappa shape index (κ2) is 7.84. The van der Waals surface area contributed by atoms with Crippen molar-refractivity contribution in [3.63, 3.8) is 0 Å². The summed E-state index contributed by atoms with van der Waals surface area (Å²) in [4.78, 5) is 22.9. The number of rotatable bonds is 6. The van der Waals surface area contributed by atoms with Crippen LogP contribution in [0.25, 0.3) is 0 Å². The van der Waals surface area contributed by atoms with E-state index < -0.39 is 0 Å². The Morgan fingerprint density at radius 3 is 2.28 bits per heavy atom. The molecular weight excluding hydrogens is 230 g/mol. The lowest BCUT2D eigenvalue weighted by molar-refractivity contribution is -0.122. The Bertz CT molecular complexity index is 317. The molecule has 2 N–H and O–H groups in total. The normalized spacial score (nSPS) is 12.2. The first-order valence-corrected chi connectivity index (χ1v) is 6.37. The Labute approximate surface area is 109 Å². The van der Waals surface area contributed by atoms with Gasteiger partial charge in [0.15, 0.2) is 0 Å². The Balaban J connectivity index is 4.04. The van der Waals surface area contributed by atoms with E-state index in [0.29, 0.717) is 12.1 Å². The van der Waals surface area contributed by atoms with Crippen molar-refractivity contribution < 1.29 is 9.59 Å². The molecule has 0 saturated heterocycles. The first kappa shape index (κ1) is 16.6. The van der Waals surface area contributed by atoms with Crippen molar-refractivity contribution in [1.82, 2.24) is 10.7 Å². The predicted molar refractivity (Wildman–Crippen MR) is 73.3 cm³/mol. The molecule has 0 unspecified atom stereocenters. The summed E-state index contributed by atoms with van der Waals surface area (Å²) >= 11 is 0. The van der Waals surface area contributed by atoms with E-state index >= 15 is 0 Å². The molecule has 104 valence electrons. The molecule has 0 radical (unpaired) electrons. The zero-order valence-electron chi connectivity index (χ0n) is 12.1. The van der Waals surface area contributed by atoms with Gasteiger partial charge in [-0.1, -0.05) is 13.3 Å². The number of nitrogens with one attached hydrogen (secondary N) is 2. The van der Waals surface area contributed by atoms with Crippen molar-refractivity contribution in [2.45, 2.75) is 65.8 Å². The fourth-order valence-electron chi connectivity index (χ4n) is 1.29. The van der Waals surface area contributed by atoms with Gasteiger partial charge in [0.25, 0.3) is 0 Å². The van der Waals surface area contributed by atoms with Gasteiger partial charge < -0.3 is 5.32 Å². The highest BCUT2D eigenvalue weighted by molar-refractivity contribution is 6.00. The second-order valence-corrected chi connectivity index (χ2v) is 5.46. The number of unbranched alkanes of at least 4 members (excludes halogenated alkanes) is 1. The summed E-state index contributed by atoms with van der Waals surface area (Å²) in [6.45, 7) is 9.51. The number of carbonyl (C=O) groups excluding carboxylic acids is 2. The van der Waals surface area contributed by atoms with Crippen LogP contribution in [0.1, 0.15) is 60.3 Å². The number of amides is 2. The van der Waals surface area contributed by atoms with E-state index in [1.165, 1.54) is 0 Å². The zero-order valence-corrected chi connectivity index (χ0v) is 12.1. The van der Waals surface area contributed by atoms with Crippen LogP contribution in [0.2, 0.25) is 0 Å². The summed E-state index contributed by atoms with van der Waals surface area (Å²) in [5, 5.41) is 6.74. The van der Waals surface area contributed by atoms with Gasteiger partial charge in [0.05, 0.1) is 6.42 Å². The molecule has 0 heterocycles. The fourth-order valence-corrected chi connectivity index (χ4v) is 1.29. The molecule has 0 aromatic heterocycles. The molecule has 0 aromatic carbocycles. The maximum atomic E-state index is 11.6. The van der Waals surface area contributed by atoms with E-state index in [0.717, 1.165) is 12.8 Å². The Morgan fingerprint density at radius 2 is 1.78 bits per heavy atom. The number of hydrazone groups is 1. The Hall–Kier alpha value is -1.39. The van der Waals surface area contributed by atoms with Crippen molar-refractivity contribution in [3.8, 4) is 0 Å². The number of nitrogens with zero attached hydrogens (tertiary/aromatic N) is 1. The lowest BCUT2D eigenvalue weighted by Gasteiger charge is -2.20. The SMILES string of the molecule is CCCCC(=O)N/N=C(\C)CC(=O)NC(C)(C)C. The summed E-state index contributed by atoms with van der Waals surface area (Å²) in [5.74, 6) is -0.195. The van der Waals surface area contributed by atoms with Crippen molar-refractivity contribution in [2.24, 2.45) is 5.10 Å². The van der Waals surface area contributed by atoms with Crippen molar-refractivity contribution >= 4 is 17.5 Å². The van der Waals surface area contributed by atoms with E-state index in [4.69, 9.17) is 0 Å². The molecule has 18 heavy (non-hydrogen) atoms. The zero-order chi connectivity index (χ0) is 14.2. The first-order chi connectivity index (χ1) is 8.24. The third-order valence-electron chi connectivity index (χ3n) is 2.06. The third kappa shape index (κ3) is 9.81. The molecule has 0 saturated carbocycles. The summed E-state index contributed by atoms with van der Waals surface area (Å²) in [7, 11) is 0. The van der Waals surface area contributed by atoms with Crippen molar-refractivity contribution in [3.05, 3.63) is 0 Å². The lowest BCUT2D eigenvalue weighted by atomic mass is 10.1. The highest BCUT2D eigenvalue weighted by Crippen LogP contribution is 1.99. The third-order valence-corrected chi connectivity index (χ3v) is 2.06. The smallest absolute Gasteiger partial charge is 0.240 e. The van der Waals surface area contributed by atoms with Gasteiger partial charge in [-0.3, -0.25) is 9.59 Å². The molecule has 0 aliphatic rings. The molecule has 0 aliphatic heterocycles. The van der Waals surface area contributed by atoms with Crippen LogP contribution in [0.5, 0.6) is 0 Å². The van der Waals surface area contributed by atoms with E-state index in [9.17, 15) is 9.59 Å². The van der Waals surface area contributed by atoms with Crippen LogP contribution in [0.4, 0.5) is 0 Å². The minimum Gasteiger partial charge on any atom is -0.351 e. The number of hydrogen-bond acceptors (Lipinski definition) is 3. The highest BCUT2D eigenvalue weighted by Gasteiger charge is 2.14. The van der Waals surface area contributed by atoms with Gasteiger partial charge in [-0.2, -0.15) is 5.10 Å². The molecular formula is C13H25N3O2. The van der Waals surface area contributed by atoms with Gasteiger partial charge in [-0.15, -0.1) is 0 Å². The van der Waals surface area contributed by atoms with Gasteiger partial charge in [0.2, 0.25) is 11.8 Å². The van der Waals surface area contributed by atoms with Crippen LogP contribution in [-0.4, -0.2) is 23.1 Å². The lowest BCUT2D eigenvalue weighted by Crippen LogP contribution is -2.41. The summed E-state index contributed by atoms with van der Waals surface area (Å²) in [6.07, 6.45) is 2.50. The summed E-state index contributed by atoms with van der Waals surface area (Å²) in [5.41, 5.74) is 2.80. The molecule has 0 atom stereocenters. The average Bonchev–Trinajstić information content (AvgIpc) is 2.20. The summed E-state index contributed by atoms with van der Waals surface area (Å²) in [6, 6.07) is 0. The molecule has 0 bridgehead atoms. The maximum absolute atomic E-state index is 11.6. The second-order valence-electron chi connectivity index (χ2n) is 5.46. The minimum absolute atomic E-state index is 0.0912. The molecule has 0 aliphatic carbocycles. The van der Waals surface area contributed by atoms with E-state index in [2.05, 4.69) is 15.8 Å². The number of carbonyl (C=O) groups is 2. The molecule has 2 amide bonds. The van der Waals surface area contributed by atoms with Gasteiger partial charge in [-0.25, -0.2) is 5.43 Å². The van der Waals surface area contributed by atoms with Crippen molar-refractivity contribution in [1.29, 1.82) is 0 Å². The first-order valence-electron chi connectivity index (χ1n) is 6.37. The maximum Gasteiger partial charge on any atom is 0.240 e. The van der Waals surface area contributed by atoms with Crippen LogP contribution in [0.3, 0.4) is 0 Å². The topological polar surface area (TPSA) is 70.6 Å². The Kier molecular flexibility index (Phi) is 7.24. The quantitative estimate of drug-likeness (QED) is 0.562. The van der Waals surface area contributed by atoms with Crippen molar-refractivity contribution in [2.75, 3.05) is 0 Å². The fraction of sp³-hybridized carbons (Fsp3) is 0.769. The van der Waals surface area contributed by atoms with Gasteiger partial charge in [0.1, 0.15) is 0 Å². The molecule has 0 aromatic rings. The van der Waals surface area contributed by atoms with E-state index in [-0.39, 0.29) is 23.8 Å². The Morgan fingerprint density at radius 1 is 1.17 bits per heavy atom. The van der Waals surface area contributed by atoms with Crippen LogP contribution in [-0.2, 0) is 9.59 Å². The average molecular weight is 255 g/mol. The highest BCUT2D eigenvalue weighted by atomic mass is 16.2. The van der Waals surface area contributed by atoms with Crippen LogP contribution in [0.15, 0.2) is 5.10 Å². The minimum atomic E-state index is -0.248. The van der Waals surface area contributed by atoms with E-state index in [1.807, 2.05) is 27.7 Å². The number of hydrogen-bond donors (Lipinski definition) is 2. The molecule has 5 heteroatoms. The monoisotopic (exact) mass is 255 g/mol. The molecule has 0 rings (SSSR count). The summed E-state index contributed by atoms with van der Waals surface area (Å²) < 4.78 is 0. The van der Waals surface area contributed by atoms with Crippen LogP contribution < -0.4 is 10.7 Å². The standard InChI is InChI=1S/C13H25N3O2/c1-6-7-8-11(17)16-15-10(2)9-12(18)14-13(3,4)5/h6-9H2,1-5H3,(H,14,18)(H,16,17)/b15-10+. The molecule has 0 spiro atoms. The van der Waals surface area contributed by atoms with E-state index in [1.54, 1.807) is 6.92 Å².